The van der Waals surface area contributed by atoms with Gasteiger partial charge in [-0.15, -0.1) is 6.58 Å². The summed E-state index contributed by atoms with van der Waals surface area (Å²) in [5, 5.41) is 6.69. The molecule has 4 nitrogen and oxygen atoms in total. The van der Waals surface area contributed by atoms with Crippen LogP contribution in [-0.2, 0) is 6.42 Å². The molecular weight excluding hydrogens is 322 g/mol. The third kappa shape index (κ3) is 6.46. The standard InChI is InChI=1S/C19H28F2N4/c1-3-11-25-12-8-17(9-13-25)24-19(22-4-2)23-10-7-15-5-6-16(20)14-18(15)21/h3,5-6,14,17H,1,4,7-13H2,2H3,(H2,22,23,24). The van der Waals surface area contributed by atoms with Crippen molar-refractivity contribution in [3.63, 3.8) is 0 Å². The van der Waals surface area contributed by atoms with Crippen molar-refractivity contribution >= 4 is 5.96 Å². The number of piperidine rings is 1. The summed E-state index contributed by atoms with van der Waals surface area (Å²) in [6.45, 7) is 10.0. The Morgan fingerprint density at radius 2 is 2.12 bits per heavy atom. The minimum atomic E-state index is -0.553. The van der Waals surface area contributed by atoms with Gasteiger partial charge in [0.15, 0.2) is 5.96 Å². The lowest BCUT2D eigenvalue weighted by atomic mass is 10.1. The van der Waals surface area contributed by atoms with Crippen LogP contribution in [-0.4, -0.2) is 49.6 Å². The highest BCUT2D eigenvalue weighted by molar-refractivity contribution is 5.80. The van der Waals surface area contributed by atoms with E-state index in [1.807, 2.05) is 13.0 Å². The van der Waals surface area contributed by atoms with E-state index < -0.39 is 11.6 Å². The summed E-state index contributed by atoms with van der Waals surface area (Å²) in [5.74, 6) is -0.308. The Balaban J connectivity index is 1.85. The van der Waals surface area contributed by atoms with Gasteiger partial charge in [-0.25, -0.2) is 8.78 Å². The van der Waals surface area contributed by atoms with E-state index in [0.29, 0.717) is 24.6 Å². The molecular formula is C19H28F2N4. The molecule has 1 aromatic carbocycles. The Hall–Kier alpha value is -1.95. The van der Waals surface area contributed by atoms with E-state index in [2.05, 4.69) is 27.1 Å². The van der Waals surface area contributed by atoms with E-state index in [-0.39, 0.29) is 0 Å². The van der Waals surface area contributed by atoms with Gasteiger partial charge >= 0.3 is 0 Å². The molecule has 1 fully saturated rings. The Kier molecular flexibility index (Phi) is 7.85. The third-order valence-electron chi connectivity index (χ3n) is 4.33. The quantitative estimate of drug-likeness (QED) is 0.451. The fraction of sp³-hybridized carbons (Fsp3) is 0.526. The van der Waals surface area contributed by atoms with Crippen molar-refractivity contribution in [3.05, 3.63) is 48.1 Å². The first-order chi connectivity index (χ1) is 12.1. The molecule has 1 aliphatic heterocycles. The smallest absolute Gasteiger partial charge is 0.191 e. The van der Waals surface area contributed by atoms with Gasteiger partial charge in [-0.3, -0.25) is 9.89 Å². The summed E-state index contributed by atoms with van der Waals surface area (Å²) in [7, 11) is 0. The predicted octanol–water partition coefficient (Wildman–Crippen LogP) is 2.71. The second kappa shape index (κ2) is 10.1. The number of guanidine groups is 1. The average Bonchev–Trinajstić information content (AvgIpc) is 2.59. The monoisotopic (exact) mass is 350 g/mol. The summed E-state index contributed by atoms with van der Waals surface area (Å²) in [6, 6.07) is 4.07. The van der Waals surface area contributed by atoms with E-state index in [1.54, 1.807) is 0 Å². The summed E-state index contributed by atoms with van der Waals surface area (Å²) >= 11 is 0. The van der Waals surface area contributed by atoms with Gasteiger partial charge in [-0.2, -0.15) is 0 Å². The molecule has 0 aliphatic carbocycles. The molecule has 1 aliphatic rings. The maximum atomic E-state index is 13.7. The summed E-state index contributed by atoms with van der Waals surface area (Å²) in [4.78, 5) is 6.91. The zero-order valence-corrected chi connectivity index (χ0v) is 14.9. The molecule has 0 unspecified atom stereocenters. The summed E-state index contributed by atoms with van der Waals surface area (Å²) in [5.41, 5.74) is 0.485. The number of nitrogens with zero attached hydrogens (tertiary/aromatic N) is 2. The van der Waals surface area contributed by atoms with E-state index in [9.17, 15) is 8.78 Å². The van der Waals surface area contributed by atoms with Gasteiger partial charge in [-0.1, -0.05) is 12.1 Å². The van der Waals surface area contributed by atoms with Gasteiger partial charge in [0.1, 0.15) is 11.6 Å². The molecule has 6 heteroatoms. The van der Waals surface area contributed by atoms with Crippen molar-refractivity contribution in [2.45, 2.75) is 32.2 Å². The first-order valence-corrected chi connectivity index (χ1v) is 8.94. The maximum Gasteiger partial charge on any atom is 0.191 e. The molecule has 0 atom stereocenters. The summed E-state index contributed by atoms with van der Waals surface area (Å²) in [6.07, 6.45) is 4.50. The van der Waals surface area contributed by atoms with Gasteiger partial charge in [0.25, 0.3) is 0 Å². The minimum Gasteiger partial charge on any atom is -0.357 e. The van der Waals surface area contributed by atoms with Crippen molar-refractivity contribution in [2.75, 3.05) is 32.7 Å². The van der Waals surface area contributed by atoms with Crippen LogP contribution in [0.4, 0.5) is 8.78 Å². The van der Waals surface area contributed by atoms with E-state index >= 15 is 0 Å². The molecule has 0 aromatic heterocycles. The lowest BCUT2D eigenvalue weighted by Gasteiger charge is -2.32. The molecule has 0 amide bonds. The first-order valence-electron chi connectivity index (χ1n) is 8.94. The zero-order chi connectivity index (χ0) is 18.1. The molecule has 2 rings (SSSR count). The van der Waals surface area contributed by atoms with Crippen LogP contribution >= 0.6 is 0 Å². The van der Waals surface area contributed by atoms with Crippen molar-refractivity contribution in [2.24, 2.45) is 4.99 Å². The van der Waals surface area contributed by atoms with Crippen LogP contribution in [0.1, 0.15) is 25.3 Å². The lowest BCUT2D eigenvalue weighted by Crippen LogP contribution is -2.48. The highest BCUT2D eigenvalue weighted by atomic mass is 19.1. The molecule has 0 saturated carbocycles. The van der Waals surface area contributed by atoms with Crippen LogP contribution in [0.5, 0.6) is 0 Å². The Morgan fingerprint density at radius 3 is 2.76 bits per heavy atom. The van der Waals surface area contributed by atoms with Crippen molar-refractivity contribution in [1.29, 1.82) is 0 Å². The molecule has 1 aromatic rings. The number of nitrogens with one attached hydrogen (secondary N) is 2. The Bertz CT molecular complexity index is 581. The summed E-state index contributed by atoms with van der Waals surface area (Å²) < 4.78 is 26.6. The number of hydrogen-bond donors (Lipinski definition) is 2. The van der Waals surface area contributed by atoms with Crippen molar-refractivity contribution in [3.8, 4) is 0 Å². The SMILES string of the molecule is C=CCN1CCC(NC(=NCCc2ccc(F)cc2F)NCC)CC1. The number of likely N-dealkylation sites (tertiary alicyclic amines) is 1. The largest absolute Gasteiger partial charge is 0.357 e. The minimum absolute atomic E-state index is 0.390. The Labute approximate surface area is 149 Å². The number of hydrogen-bond acceptors (Lipinski definition) is 2. The molecule has 0 radical (unpaired) electrons. The number of halogens is 2. The van der Waals surface area contributed by atoms with Gasteiger partial charge in [0.05, 0.1) is 0 Å². The Morgan fingerprint density at radius 1 is 1.36 bits per heavy atom. The van der Waals surface area contributed by atoms with Crippen LogP contribution in [0.2, 0.25) is 0 Å². The van der Waals surface area contributed by atoms with E-state index in [1.165, 1.54) is 12.1 Å². The normalized spacial score (nSPS) is 16.7. The topological polar surface area (TPSA) is 39.7 Å². The molecule has 138 valence electrons. The number of aliphatic imine (C=N–C) groups is 1. The molecule has 2 N–H and O–H groups in total. The van der Waals surface area contributed by atoms with Crippen LogP contribution < -0.4 is 10.6 Å². The molecule has 0 spiro atoms. The van der Waals surface area contributed by atoms with Crippen LogP contribution in [0.15, 0.2) is 35.8 Å². The molecule has 25 heavy (non-hydrogen) atoms. The zero-order valence-electron chi connectivity index (χ0n) is 14.9. The maximum absolute atomic E-state index is 13.7. The number of rotatable bonds is 7. The van der Waals surface area contributed by atoms with Gasteiger partial charge in [0, 0.05) is 44.8 Å². The van der Waals surface area contributed by atoms with Crippen LogP contribution in [0.3, 0.4) is 0 Å². The average molecular weight is 350 g/mol. The van der Waals surface area contributed by atoms with E-state index in [0.717, 1.165) is 51.0 Å². The van der Waals surface area contributed by atoms with Gasteiger partial charge in [-0.05, 0) is 37.8 Å². The van der Waals surface area contributed by atoms with Crippen molar-refractivity contribution < 1.29 is 8.78 Å². The fourth-order valence-corrected chi connectivity index (χ4v) is 2.97. The highest BCUT2D eigenvalue weighted by Gasteiger charge is 2.19. The van der Waals surface area contributed by atoms with Crippen LogP contribution in [0.25, 0.3) is 0 Å². The lowest BCUT2D eigenvalue weighted by molar-refractivity contribution is 0.225. The highest BCUT2D eigenvalue weighted by Crippen LogP contribution is 2.11. The number of benzene rings is 1. The second-order valence-electron chi connectivity index (χ2n) is 6.25. The predicted molar refractivity (Wildman–Crippen MR) is 98.8 cm³/mol. The van der Waals surface area contributed by atoms with Crippen LogP contribution in [0, 0.1) is 11.6 Å². The molecule has 0 bridgehead atoms. The van der Waals surface area contributed by atoms with Gasteiger partial charge < -0.3 is 10.6 Å². The second-order valence-corrected chi connectivity index (χ2v) is 6.25. The van der Waals surface area contributed by atoms with Gasteiger partial charge in [0.2, 0.25) is 0 Å². The van der Waals surface area contributed by atoms with E-state index in [4.69, 9.17) is 0 Å². The van der Waals surface area contributed by atoms with Crippen molar-refractivity contribution in [1.82, 2.24) is 15.5 Å². The first kappa shape index (κ1) is 19.4. The molecule has 1 heterocycles. The third-order valence-corrected chi connectivity index (χ3v) is 4.33. The molecule has 1 saturated heterocycles. The fourth-order valence-electron chi connectivity index (χ4n) is 2.97.